The summed E-state index contributed by atoms with van der Waals surface area (Å²) in [6.07, 6.45) is -0.556. The molecule has 3 aromatic rings. The van der Waals surface area contributed by atoms with E-state index in [0.717, 1.165) is 22.7 Å². The monoisotopic (exact) mass is 632 g/mol. The van der Waals surface area contributed by atoms with Gasteiger partial charge in [-0.25, -0.2) is 4.79 Å². The first-order valence-corrected chi connectivity index (χ1v) is 15.4. The minimum Gasteiger partial charge on any atom is -0.448 e. The summed E-state index contributed by atoms with van der Waals surface area (Å²) < 4.78 is 10.1. The predicted octanol–water partition coefficient (Wildman–Crippen LogP) is 2.23. The molecule has 0 saturated carbocycles. The number of fused-ring (bicyclic) bond motifs is 1. The van der Waals surface area contributed by atoms with E-state index in [1.807, 2.05) is 60.7 Å². The molecule has 12 nitrogen and oxygen atoms in total. The van der Waals surface area contributed by atoms with Gasteiger partial charge in [0.1, 0.15) is 23.7 Å². The summed E-state index contributed by atoms with van der Waals surface area (Å²) in [5.41, 5.74) is 7.35. The van der Waals surface area contributed by atoms with Crippen molar-refractivity contribution in [2.75, 3.05) is 24.7 Å². The Balaban J connectivity index is 1.42. The van der Waals surface area contributed by atoms with Crippen molar-refractivity contribution >= 4 is 51.9 Å². The third-order valence-corrected chi connectivity index (χ3v) is 8.33. The van der Waals surface area contributed by atoms with E-state index in [2.05, 4.69) is 31.7 Å². The zero-order valence-electron chi connectivity index (χ0n) is 23.5. The van der Waals surface area contributed by atoms with Crippen molar-refractivity contribution in [3.8, 4) is 11.8 Å². The van der Waals surface area contributed by atoms with Gasteiger partial charge in [-0.05, 0) is 18.1 Å². The highest BCUT2D eigenvalue weighted by Gasteiger charge is 2.55. The van der Waals surface area contributed by atoms with Crippen LogP contribution in [0.25, 0.3) is 0 Å². The fraction of sp³-hybridized carbons (Fsp3) is 0.267. The molecule has 2 amide bonds. The largest absolute Gasteiger partial charge is 0.448 e. The van der Waals surface area contributed by atoms with Gasteiger partial charge in [-0.1, -0.05) is 77.7 Å². The van der Waals surface area contributed by atoms with E-state index >= 15 is 0 Å². The highest BCUT2D eigenvalue weighted by molar-refractivity contribution is 8.00. The van der Waals surface area contributed by atoms with Crippen molar-refractivity contribution < 1.29 is 29.1 Å². The van der Waals surface area contributed by atoms with Crippen LogP contribution in [0, 0.1) is 11.8 Å². The third kappa shape index (κ3) is 6.60. The first kappa shape index (κ1) is 30.7. The van der Waals surface area contributed by atoms with Gasteiger partial charge in [0.15, 0.2) is 11.2 Å². The van der Waals surface area contributed by atoms with E-state index < -0.39 is 35.3 Å². The molecule has 0 spiro atoms. The number of aliphatic hydroxyl groups excluding tert-OH is 1. The molecular weight excluding hydrogens is 605 g/mol. The Morgan fingerprint density at radius 1 is 1.18 bits per heavy atom. The molecule has 2 atom stereocenters. The van der Waals surface area contributed by atoms with Crippen LogP contribution in [-0.2, 0) is 24.0 Å². The molecule has 14 heteroatoms. The van der Waals surface area contributed by atoms with Crippen LogP contribution in [0.3, 0.4) is 0 Å². The zero-order chi connectivity index (χ0) is 31.1. The number of benzene rings is 2. The van der Waals surface area contributed by atoms with Crippen molar-refractivity contribution in [2.45, 2.75) is 30.9 Å². The molecule has 1 saturated heterocycles. The SMILES string of the molecule is CCO/N=C(\C(=O)N[C@@H]1C(=O)N2C(C(=O)OC(c3ccccc3)c3ccccc3)=C(C#CCCO)CS[C@H]12)c1nsc(N)n1. The van der Waals surface area contributed by atoms with Gasteiger partial charge in [0, 0.05) is 29.3 Å². The molecule has 0 bridgehead atoms. The van der Waals surface area contributed by atoms with E-state index in [1.165, 1.54) is 16.7 Å². The number of carbonyl (C=O) groups is 3. The smallest absolute Gasteiger partial charge is 0.357 e. The van der Waals surface area contributed by atoms with Gasteiger partial charge in [0.25, 0.3) is 11.8 Å². The molecular formula is C30H28N6O6S2. The second-order valence-electron chi connectivity index (χ2n) is 9.38. The number of carbonyl (C=O) groups excluding carboxylic acids is 3. The van der Waals surface area contributed by atoms with Gasteiger partial charge in [-0.3, -0.25) is 14.5 Å². The van der Waals surface area contributed by atoms with E-state index in [0.29, 0.717) is 5.57 Å². The predicted molar refractivity (Wildman–Crippen MR) is 165 cm³/mol. The Labute approximate surface area is 261 Å². The lowest BCUT2D eigenvalue weighted by atomic mass is 10.0. The number of nitrogens with zero attached hydrogens (tertiary/aromatic N) is 4. The lowest BCUT2D eigenvalue weighted by Gasteiger charge is -2.49. The fourth-order valence-corrected chi connectivity index (χ4v) is 6.25. The number of nitrogens with one attached hydrogen (secondary N) is 1. The van der Waals surface area contributed by atoms with Crippen LogP contribution < -0.4 is 11.1 Å². The van der Waals surface area contributed by atoms with E-state index in [4.69, 9.17) is 15.3 Å². The summed E-state index contributed by atoms with van der Waals surface area (Å²) in [6.45, 7) is 1.73. The number of nitrogen functional groups attached to an aromatic ring is 1. The van der Waals surface area contributed by atoms with Crippen molar-refractivity contribution in [2.24, 2.45) is 5.16 Å². The van der Waals surface area contributed by atoms with Crippen LogP contribution >= 0.6 is 23.3 Å². The molecule has 44 heavy (non-hydrogen) atoms. The molecule has 0 aliphatic carbocycles. The molecule has 4 N–H and O–H groups in total. The average Bonchev–Trinajstić information content (AvgIpc) is 3.48. The van der Waals surface area contributed by atoms with Crippen LogP contribution in [0.2, 0.25) is 0 Å². The van der Waals surface area contributed by atoms with E-state index in [9.17, 15) is 19.5 Å². The van der Waals surface area contributed by atoms with Crippen LogP contribution in [0.1, 0.15) is 36.4 Å². The number of esters is 1. The fourth-order valence-electron chi connectivity index (χ4n) is 4.53. The van der Waals surface area contributed by atoms with Gasteiger partial charge in [-0.2, -0.15) is 9.36 Å². The highest BCUT2D eigenvalue weighted by atomic mass is 32.2. The van der Waals surface area contributed by atoms with Crippen molar-refractivity contribution in [1.29, 1.82) is 0 Å². The molecule has 226 valence electrons. The lowest BCUT2D eigenvalue weighted by Crippen LogP contribution is -2.71. The molecule has 5 rings (SSSR count). The number of amides is 2. The minimum atomic E-state index is -0.982. The van der Waals surface area contributed by atoms with Gasteiger partial charge < -0.3 is 25.7 Å². The summed E-state index contributed by atoms with van der Waals surface area (Å²) in [6, 6.07) is 17.6. The van der Waals surface area contributed by atoms with Gasteiger partial charge in [-0.15, -0.1) is 11.8 Å². The summed E-state index contributed by atoms with van der Waals surface area (Å²) in [4.78, 5) is 51.1. The van der Waals surface area contributed by atoms with Crippen LogP contribution in [-0.4, -0.2) is 73.2 Å². The third-order valence-electron chi connectivity index (χ3n) is 6.51. The number of hydrogen-bond donors (Lipinski definition) is 3. The first-order valence-electron chi connectivity index (χ1n) is 13.6. The Morgan fingerprint density at radius 2 is 1.86 bits per heavy atom. The quantitative estimate of drug-likeness (QED) is 0.0991. The number of rotatable bonds is 10. The molecule has 2 aromatic carbocycles. The summed E-state index contributed by atoms with van der Waals surface area (Å²) >= 11 is 2.22. The Bertz CT molecular complexity index is 1610. The molecule has 1 aromatic heterocycles. The number of nitrogens with two attached hydrogens (primary N) is 1. The maximum Gasteiger partial charge on any atom is 0.357 e. The molecule has 0 radical (unpaired) electrons. The summed E-state index contributed by atoms with van der Waals surface area (Å²) in [5, 5.41) is 15.3. The topological polar surface area (TPSA) is 169 Å². The normalized spacial score (nSPS) is 17.8. The number of oxime groups is 1. The molecule has 0 unspecified atom stereocenters. The number of aliphatic hydroxyl groups is 1. The number of β-lactam (4-membered cyclic amide) rings is 1. The van der Waals surface area contributed by atoms with E-state index in [1.54, 1.807) is 6.92 Å². The van der Waals surface area contributed by atoms with Crippen LogP contribution in [0.15, 0.2) is 77.1 Å². The highest BCUT2D eigenvalue weighted by Crippen LogP contribution is 2.41. The van der Waals surface area contributed by atoms with E-state index in [-0.39, 0.29) is 47.8 Å². The molecule has 1 fully saturated rings. The number of hydrogen-bond acceptors (Lipinski definition) is 12. The van der Waals surface area contributed by atoms with Crippen molar-refractivity contribution in [3.05, 3.63) is 88.9 Å². The van der Waals surface area contributed by atoms with Crippen LogP contribution in [0.5, 0.6) is 0 Å². The standard InChI is InChI=1S/C30H28N6O6S2/c1-2-41-34-21(25-33-30(31)44-35-25)26(38)32-22-27(39)36-23(20(15-9-10-16-37)17-43-28(22)36)29(40)42-24(18-11-5-3-6-12-18)19-13-7-4-8-14-19/h3-8,11-14,22,24,28,37H,2,10,16-17H2,1H3,(H,32,38)(H2,31,33,35)/b34-21-/t22-,28-/m1/s1. The second kappa shape index (κ2) is 14.2. The number of ether oxygens (including phenoxy) is 1. The Kier molecular flexibility index (Phi) is 9.90. The molecule has 2 aliphatic heterocycles. The second-order valence-corrected chi connectivity index (χ2v) is 11.3. The van der Waals surface area contributed by atoms with Crippen molar-refractivity contribution in [1.82, 2.24) is 19.6 Å². The number of anilines is 1. The first-order chi connectivity index (χ1) is 21.4. The molecule has 3 heterocycles. The summed E-state index contributed by atoms with van der Waals surface area (Å²) in [5.74, 6) is 4.02. The van der Waals surface area contributed by atoms with Crippen molar-refractivity contribution in [3.63, 3.8) is 0 Å². The van der Waals surface area contributed by atoms with Gasteiger partial charge >= 0.3 is 5.97 Å². The Hall–Kier alpha value is -4.71. The maximum atomic E-state index is 13.9. The lowest BCUT2D eigenvalue weighted by molar-refractivity contribution is -0.154. The Morgan fingerprint density at radius 3 is 2.45 bits per heavy atom. The van der Waals surface area contributed by atoms with Crippen LogP contribution in [0.4, 0.5) is 5.13 Å². The average molecular weight is 633 g/mol. The molecule has 2 aliphatic rings. The number of aromatic nitrogens is 2. The number of thioether (sulfide) groups is 1. The van der Waals surface area contributed by atoms with Gasteiger partial charge in [0.2, 0.25) is 11.5 Å². The van der Waals surface area contributed by atoms with Gasteiger partial charge in [0.05, 0.1) is 6.61 Å². The minimum absolute atomic E-state index is 0.00343. The summed E-state index contributed by atoms with van der Waals surface area (Å²) in [7, 11) is 0. The zero-order valence-corrected chi connectivity index (χ0v) is 25.1. The maximum absolute atomic E-state index is 13.9.